The van der Waals surface area contributed by atoms with E-state index in [0.29, 0.717) is 16.1 Å². The first-order valence-corrected chi connectivity index (χ1v) is 14.2. The smallest absolute Gasteiger partial charge is 0.383 e. The number of hydrogen-bond donors (Lipinski definition) is 2. The Bertz CT molecular complexity index is 1810. The molecular formula is C33H29ClF3N5O. The molecule has 0 aliphatic carbocycles. The molecule has 43 heavy (non-hydrogen) atoms. The number of benzene rings is 3. The molecule has 3 aromatic carbocycles. The molecule has 220 valence electrons. The number of carbonyl (C=O) groups is 1. The molecule has 0 unspecified atom stereocenters. The van der Waals surface area contributed by atoms with Crippen LogP contribution in [0.5, 0.6) is 0 Å². The molecule has 0 atom stereocenters. The molecule has 10 heteroatoms. The minimum absolute atomic E-state index is 0.0708. The van der Waals surface area contributed by atoms with Gasteiger partial charge in [-0.05, 0) is 61.5 Å². The van der Waals surface area contributed by atoms with Gasteiger partial charge in [0.1, 0.15) is 5.82 Å². The second-order valence-corrected chi connectivity index (χ2v) is 12.1. The van der Waals surface area contributed by atoms with Gasteiger partial charge in [0.25, 0.3) is 5.91 Å². The number of alkyl halides is 3. The Kier molecular flexibility index (Phi) is 7.33. The van der Waals surface area contributed by atoms with Crippen LogP contribution in [-0.2, 0) is 12.7 Å². The van der Waals surface area contributed by atoms with Crippen molar-refractivity contribution < 1.29 is 18.0 Å². The highest BCUT2D eigenvalue weighted by Gasteiger charge is 2.50. The third kappa shape index (κ3) is 5.91. The molecule has 3 heterocycles. The van der Waals surface area contributed by atoms with Crippen LogP contribution in [0.25, 0.3) is 10.8 Å². The predicted octanol–water partition coefficient (Wildman–Crippen LogP) is 6.20. The number of rotatable bonds is 4. The van der Waals surface area contributed by atoms with E-state index in [2.05, 4.69) is 27.0 Å². The van der Waals surface area contributed by atoms with Gasteiger partial charge in [0.2, 0.25) is 0 Å². The predicted molar refractivity (Wildman–Crippen MR) is 163 cm³/mol. The molecule has 1 aromatic heterocycles. The number of anilines is 2. The average molecular weight is 604 g/mol. The summed E-state index contributed by atoms with van der Waals surface area (Å²) in [6, 6.07) is 14.3. The number of pyridine rings is 1. The molecule has 0 radical (unpaired) electrons. The van der Waals surface area contributed by atoms with Crippen LogP contribution in [0.4, 0.5) is 24.7 Å². The number of amides is 1. The normalized spacial score (nSPS) is 16.3. The Balaban J connectivity index is 1.21. The van der Waals surface area contributed by atoms with Crippen LogP contribution in [0.1, 0.15) is 38.2 Å². The lowest BCUT2D eigenvalue weighted by atomic mass is 9.73. The number of halogens is 4. The molecule has 6 rings (SSSR count). The van der Waals surface area contributed by atoms with Crippen LogP contribution in [0.2, 0.25) is 5.02 Å². The molecule has 2 fully saturated rings. The number of nitrogen functional groups attached to an aromatic ring is 1. The number of fused-ring (bicyclic) bond motifs is 1. The maximum Gasteiger partial charge on any atom is 0.416 e. The summed E-state index contributed by atoms with van der Waals surface area (Å²) in [6.07, 6.45) is -2.90. The fourth-order valence-electron chi connectivity index (χ4n) is 6.17. The molecule has 4 aromatic rings. The van der Waals surface area contributed by atoms with Crippen LogP contribution < -0.4 is 11.1 Å². The summed E-state index contributed by atoms with van der Waals surface area (Å²) >= 11 is 6.18. The first-order valence-electron chi connectivity index (χ1n) is 13.8. The summed E-state index contributed by atoms with van der Waals surface area (Å²) in [5.41, 5.74) is 8.04. The average Bonchev–Trinajstić information content (AvgIpc) is 2.91. The van der Waals surface area contributed by atoms with Gasteiger partial charge in [0.05, 0.1) is 11.1 Å². The molecule has 6 nitrogen and oxygen atoms in total. The monoisotopic (exact) mass is 603 g/mol. The zero-order valence-corrected chi connectivity index (χ0v) is 24.4. The summed E-state index contributed by atoms with van der Waals surface area (Å²) < 4.78 is 42.1. The maximum absolute atomic E-state index is 14.0. The van der Waals surface area contributed by atoms with E-state index in [0.717, 1.165) is 48.6 Å². The van der Waals surface area contributed by atoms with E-state index >= 15 is 0 Å². The highest BCUT2D eigenvalue weighted by atomic mass is 35.5. The van der Waals surface area contributed by atoms with Crippen molar-refractivity contribution in [2.45, 2.75) is 19.6 Å². The molecule has 2 aliphatic rings. The van der Waals surface area contributed by atoms with E-state index in [4.69, 9.17) is 17.3 Å². The zero-order valence-electron chi connectivity index (χ0n) is 23.6. The van der Waals surface area contributed by atoms with Crippen molar-refractivity contribution in [3.63, 3.8) is 0 Å². The number of hydrogen-bond acceptors (Lipinski definition) is 5. The second kappa shape index (κ2) is 10.9. The van der Waals surface area contributed by atoms with Gasteiger partial charge >= 0.3 is 6.18 Å². The van der Waals surface area contributed by atoms with Crippen LogP contribution >= 0.6 is 11.6 Å². The number of aromatic nitrogens is 1. The van der Waals surface area contributed by atoms with Crippen molar-refractivity contribution in [2.75, 3.05) is 44.3 Å². The van der Waals surface area contributed by atoms with Gasteiger partial charge in [-0.15, -0.1) is 0 Å². The number of nitrogens with zero attached hydrogens (tertiary/aromatic N) is 3. The zero-order chi connectivity index (χ0) is 30.5. The summed E-state index contributed by atoms with van der Waals surface area (Å²) in [5, 5.41) is 4.75. The van der Waals surface area contributed by atoms with Crippen molar-refractivity contribution in [3.05, 3.63) is 99.2 Å². The van der Waals surface area contributed by atoms with E-state index in [1.807, 2.05) is 24.9 Å². The first-order chi connectivity index (χ1) is 20.4. The number of aryl methyl sites for hydroxylation is 1. The molecule has 1 spiro atoms. The summed E-state index contributed by atoms with van der Waals surface area (Å²) in [4.78, 5) is 21.6. The maximum atomic E-state index is 14.0. The summed E-state index contributed by atoms with van der Waals surface area (Å²) in [7, 11) is 2.05. The van der Waals surface area contributed by atoms with Gasteiger partial charge in [-0.2, -0.15) is 13.2 Å². The molecule has 2 aliphatic heterocycles. The second-order valence-electron chi connectivity index (χ2n) is 11.7. The molecular weight excluding hydrogens is 575 g/mol. The van der Waals surface area contributed by atoms with Crippen molar-refractivity contribution in [1.82, 2.24) is 14.8 Å². The van der Waals surface area contributed by atoms with E-state index in [-0.39, 0.29) is 34.6 Å². The molecule has 0 saturated carbocycles. The number of carbonyl (C=O) groups excluding carboxylic acids is 1. The van der Waals surface area contributed by atoms with Gasteiger partial charge < -0.3 is 16.0 Å². The van der Waals surface area contributed by atoms with Crippen LogP contribution in [-0.4, -0.2) is 53.9 Å². The number of nitrogens with two attached hydrogens (primary N) is 1. The van der Waals surface area contributed by atoms with Crippen LogP contribution in [0, 0.1) is 24.2 Å². The lowest BCUT2D eigenvalue weighted by Gasteiger charge is -2.59. The minimum atomic E-state index is -4.55. The minimum Gasteiger partial charge on any atom is -0.383 e. The summed E-state index contributed by atoms with van der Waals surface area (Å²) in [5.74, 6) is 5.85. The Morgan fingerprint density at radius 2 is 1.84 bits per heavy atom. The summed E-state index contributed by atoms with van der Waals surface area (Å²) in [6.45, 7) is 5.63. The van der Waals surface area contributed by atoms with Crippen molar-refractivity contribution in [3.8, 4) is 11.8 Å². The quantitative estimate of drug-likeness (QED) is 0.272. The SMILES string of the molecule is Cc1ccc(C(=O)Nc2ccc(CN3CC4(CN(C)C4)C3)c(C(F)(F)F)c2)cc1C#Cc1c(N)ncc2ccc(Cl)cc12. The fourth-order valence-corrected chi connectivity index (χ4v) is 6.34. The van der Waals surface area contributed by atoms with Gasteiger partial charge in [-0.25, -0.2) is 4.98 Å². The number of likely N-dealkylation sites (tertiary alicyclic amines) is 2. The van der Waals surface area contributed by atoms with E-state index in [1.165, 1.54) is 12.1 Å². The standard InChI is InChI=1S/C33H29ClF3N5O/c1-20-3-4-22(11-21(20)7-10-27-28-12-25(34)8-5-23(28)14-39-30(27)38)31(43)40-26-9-6-24(29(13-26)33(35,36)37)15-42-18-32(19-42)16-41(2)17-32/h3-6,8-9,11-14H,15-19H2,1-2H3,(H2,38,39)(H,40,43). The Morgan fingerprint density at radius 3 is 2.56 bits per heavy atom. The first kappa shape index (κ1) is 29.0. The molecule has 2 saturated heterocycles. The molecule has 0 bridgehead atoms. The largest absolute Gasteiger partial charge is 0.416 e. The van der Waals surface area contributed by atoms with Crippen molar-refractivity contribution in [2.24, 2.45) is 5.41 Å². The molecule has 3 N–H and O–H groups in total. The Morgan fingerprint density at radius 1 is 1.07 bits per heavy atom. The van der Waals surface area contributed by atoms with E-state index in [9.17, 15) is 18.0 Å². The molecule has 1 amide bonds. The van der Waals surface area contributed by atoms with E-state index < -0.39 is 17.6 Å². The Hall–Kier alpha value is -4.10. The van der Waals surface area contributed by atoms with Gasteiger partial charge in [-0.1, -0.05) is 41.6 Å². The lowest BCUT2D eigenvalue weighted by molar-refractivity contribution is -0.139. The highest BCUT2D eigenvalue weighted by Crippen LogP contribution is 2.41. The van der Waals surface area contributed by atoms with Crippen molar-refractivity contribution >= 4 is 39.8 Å². The third-order valence-electron chi connectivity index (χ3n) is 8.10. The lowest BCUT2D eigenvalue weighted by Crippen LogP contribution is -2.70. The fraction of sp³-hybridized carbons (Fsp3) is 0.273. The van der Waals surface area contributed by atoms with Gasteiger partial charge in [0, 0.05) is 76.9 Å². The highest BCUT2D eigenvalue weighted by molar-refractivity contribution is 6.31. The van der Waals surface area contributed by atoms with Gasteiger partial charge in [0.15, 0.2) is 0 Å². The van der Waals surface area contributed by atoms with E-state index in [1.54, 1.807) is 36.5 Å². The topological polar surface area (TPSA) is 74.5 Å². The van der Waals surface area contributed by atoms with Crippen molar-refractivity contribution in [1.29, 1.82) is 0 Å². The third-order valence-corrected chi connectivity index (χ3v) is 8.34. The number of nitrogens with one attached hydrogen (secondary N) is 1. The van der Waals surface area contributed by atoms with Crippen LogP contribution in [0.3, 0.4) is 0 Å². The van der Waals surface area contributed by atoms with Gasteiger partial charge in [-0.3, -0.25) is 9.69 Å². The Labute approximate surface area is 252 Å². The van der Waals surface area contributed by atoms with Crippen LogP contribution in [0.15, 0.2) is 60.8 Å².